The topological polar surface area (TPSA) is 37.9 Å². The van der Waals surface area contributed by atoms with Crippen LogP contribution >= 0.6 is 0 Å². The van der Waals surface area contributed by atoms with Gasteiger partial charge in [0.15, 0.2) is 0 Å². The fourth-order valence-electron chi connectivity index (χ4n) is 2.24. The molecule has 0 radical (unpaired) electrons. The molecule has 3 rings (SSSR count). The summed E-state index contributed by atoms with van der Waals surface area (Å²) in [5.74, 6) is 0.684. The minimum absolute atomic E-state index is 0.684. The fourth-order valence-corrected chi connectivity index (χ4v) is 2.24. The number of rotatable bonds is 2. The van der Waals surface area contributed by atoms with Gasteiger partial charge >= 0.3 is 0 Å². The van der Waals surface area contributed by atoms with E-state index in [9.17, 15) is 0 Å². The summed E-state index contributed by atoms with van der Waals surface area (Å²) in [6.07, 6.45) is 6.19. The molecule has 0 aliphatic carbocycles. The molecule has 1 aliphatic heterocycles. The van der Waals surface area contributed by atoms with Gasteiger partial charge < -0.3 is 9.72 Å². The second-order valence-electron chi connectivity index (χ2n) is 4.15. The number of hydrogen-bond donors (Lipinski definition) is 1. The zero-order valence-corrected chi connectivity index (χ0v) is 8.57. The van der Waals surface area contributed by atoms with Crippen LogP contribution in [0.3, 0.4) is 0 Å². The van der Waals surface area contributed by atoms with Crippen LogP contribution in [-0.2, 0) is 11.2 Å². The lowest BCUT2D eigenvalue weighted by Gasteiger charge is -2.05. The first-order valence-electron chi connectivity index (χ1n) is 5.42. The maximum atomic E-state index is 5.39. The Morgan fingerprint density at radius 2 is 2.53 bits per heavy atom. The number of nitrogens with one attached hydrogen (secondary N) is 1. The Labute approximate surface area is 88.5 Å². The van der Waals surface area contributed by atoms with E-state index in [1.54, 1.807) is 0 Å². The average molecular weight is 202 g/mol. The van der Waals surface area contributed by atoms with Crippen LogP contribution in [0.25, 0.3) is 11.0 Å². The van der Waals surface area contributed by atoms with Crippen LogP contribution < -0.4 is 0 Å². The minimum atomic E-state index is 0.684. The maximum absolute atomic E-state index is 5.39. The van der Waals surface area contributed by atoms with E-state index in [-0.39, 0.29) is 0 Å². The number of aromatic amines is 1. The summed E-state index contributed by atoms with van der Waals surface area (Å²) in [5.41, 5.74) is 2.36. The Balaban J connectivity index is 1.90. The Morgan fingerprint density at radius 3 is 3.40 bits per heavy atom. The minimum Gasteiger partial charge on any atom is -0.381 e. The van der Waals surface area contributed by atoms with Gasteiger partial charge in [-0.05, 0) is 36.5 Å². The normalized spacial score (nSPS) is 21.2. The number of H-pyrrole nitrogens is 1. The van der Waals surface area contributed by atoms with Crippen molar-refractivity contribution in [2.75, 3.05) is 13.2 Å². The molecule has 1 aliphatic rings. The molecule has 15 heavy (non-hydrogen) atoms. The zero-order chi connectivity index (χ0) is 10.1. The third-order valence-corrected chi connectivity index (χ3v) is 3.07. The number of hydrogen-bond acceptors (Lipinski definition) is 2. The van der Waals surface area contributed by atoms with E-state index in [1.165, 1.54) is 17.4 Å². The van der Waals surface area contributed by atoms with Crippen molar-refractivity contribution < 1.29 is 4.74 Å². The van der Waals surface area contributed by atoms with Crippen LogP contribution in [0, 0.1) is 5.92 Å². The van der Waals surface area contributed by atoms with Crippen molar-refractivity contribution in [1.82, 2.24) is 9.97 Å². The standard InChI is InChI=1S/C12H14N2O/c1-2-11-10(6-9-3-5-15-8-9)7-14-12(11)13-4-1/h1-2,4,7,9H,3,5-6,8H2,(H,13,14). The highest BCUT2D eigenvalue weighted by Gasteiger charge is 2.17. The van der Waals surface area contributed by atoms with Crippen LogP contribution in [-0.4, -0.2) is 23.2 Å². The van der Waals surface area contributed by atoms with E-state index in [4.69, 9.17) is 4.74 Å². The summed E-state index contributed by atoms with van der Waals surface area (Å²) >= 11 is 0. The molecule has 3 nitrogen and oxygen atoms in total. The predicted octanol–water partition coefficient (Wildman–Crippen LogP) is 2.14. The van der Waals surface area contributed by atoms with Crippen molar-refractivity contribution in [1.29, 1.82) is 0 Å². The summed E-state index contributed by atoms with van der Waals surface area (Å²) in [6, 6.07) is 4.12. The van der Waals surface area contributed by atoms with E-state index in [0.29, 0.717) is 5.92 Å². The Morgan fingerprint density at radius 1 is 1.53 bits per heavy atom. The summed E-state index contributed by atoms with van der Waals surface area (Å²) in [7, 11) is 0. The van der Waals surface area contributed by atoms with E-state index < -0.39 is 0 Å². The predicted molar refractivity (Wildman–Crippen MR) is 58.7 cm³/mol. The number of pyridine rings is 1. The Bertz CT molecular complexity index is 457. The molecule has 0 saturated carbocycles. The molecule has 0 spiro atoms. The maximum Gasteiger partial charge on any atom is 0.137 e. The van der Waals surface area contributed by atoms with Gasteiger partial charge in [-0.1, -0.05) is 0 Å². The van der Waals surface area contributed by atoms with E-state index in [2.05, 4.69) is 22.2 Å². The lowest BCUT2D eigenvalue weighted by molar-refractivity contribution is 0.186. The molecule has 0 bridgehead atoms. The largest absolute Gasteiger partial charge is 0.381 e. The summed E-state index contributed by atoms with van der Waals surface area (Å²) in [4.78, 5) is 7.50. The molecule has 3 heteroatoms. The number of fused-ring (bicyclic) bond motifs is 1. The Kier molecular flexibility index (Phi) is 2.18. The first-order valence-corrected chi connectivity index (χ1v) is 5.42. The second-order valence-corrected chi connectivity index (χ2v) is 4.15. The molecule has 1 unspecified atom stereocenters. The molecule has 0 amide bonds. The SMILES string of the molecule is c1cnc2[nH]cc(CC3CCOC3)c2c1. The smallest absolute Gasteiger partial charge is 0.137 e. The summed E-state index contributed by atoms with van der Waals surface area (Å²) in [5, 5.41) is 1.25. The number of aromatic nitrogens is 2. The third kappa shape index (κ3) is 1.63. The number of ether oxygens (including phenoxy) is 1. The van der Waals surface area contributed by atoms with Gasteiger partial charge in [0.25, 0.3) is 0 Å². The zero-order valence-electron chi connectivity index (χ0n) is 8.57. The lowest BCUT2D eigenvalue weighted by atomic mass is 9.99. The quantitative estimate of drug-likeness (QED) is 0.810. The molecule has 78 valence electrons. The van der Waals surface area contributed by atoms with Crippen molar-refractivity contribution >= 4 is 11.0 Å². The van der Waals surface area contributed by atoms with E-state index in [0.717, 1.165) is 25.3 Å². The molecule has 2 aromatic heterocycles. The van der Waals surface area contributed by atoms with Crippen molar-refractivity contribution in [2.24, 2.45) is 5.92 Å². The van der Waals surface area contributed by atoms with Gasteiger partial charge in [-0.3, -0.25) is 0 Å². The van der Waals surface area contributed by atoms with Gasteiger partial charge in [0.2, 0.25) is 0 Å². The van der Waals surface area contributed by atoms with Crippen LogP contribution in [0.15, 0.2) is 24.5 Å². The van der Waals surface area contributed by atoms with Crippen molar-refractivity contribution in [3.63, 3.8) is 0 Å². The monoisotopic (exact) mass is 202 g/mol. The fraction of sp³-hybridized carbons (Fsp3) is 0.417. The van der Waals surface area contributed by atoms with Gasteiger partial charge in [-0.25, -0.2) is 4.98 Å². The van der Waals surface area contributed by atoms with E-state index in [1.807, 2.05) is 12.3 Å². The molecule has 2 aromatic rings. The molecule has 0 aromatic carbocycles. The van der Waals surface area contributed by atoms with Crippen LogP contribution in [0.2, 0.25) is 0 Å². The lowest BCUT2D eigenvalue weighted by Crippen LogP contribution is -2.02. The highest BCUT2D eigenvalue weighted by Crippen LogP contribution is 2.23. The van der Waals surface area contributed by atoms with Crippen molar-refractivity contribution in [2.45, 2.75) is 12.8 Å². The molecule has 1 atom stereocenters. The molecule has 1 N–H and O–H groups in total. The summed E-state index contributed by atoms with van der Waals surface area (Å²) < 4.78 is 5.39. The molecule has 1 saturated heterocycles. The highest BCUT2D eigenvalue weighted by atomic mass is 16.5. The first-order chi connectivity index (χ1) is 7.43. The molecule has 3 heterocycles. The number of nitrogens with zero attached hydrogens (tertiary/aromatic N) is 1. The van der Waals surface area contributed by atoms with Gasteiger partial charge in [0, 0.05) is 31.0 Å². The highest BCUT2D eigenvalue weighted by molar-refractivity contribution is 5.79. The van der Waals surface area contributed by atoms with Gasteiger partial charge in [0.1, 0.15) is 5.65 Å². The van der Waals surface area contributed by atoms with Crippen molar-refractivity contribution in [3.05, 3.63) is 30.1 Å². The van der Waals surface area contributed by atoms with Crippen LogP contribution in [0.5, 0.6) is 0 Å². The van der Waals surface area contributed by atoms with E-state index >= 15 is 0 Å². The van der Waals surface area contributed by atoms with Gasteiger partial charge in [0.05, 0.1) is 0 Å². The second kappa shape index (κ2) is 3.66. The van der Waals surface area contributed by atoms with Gasteiger partial charge in [-0.15, -0.1) is 0 Å². The van der Waals surface area contributed by atoms with Crippen molar-refractivity contribution in [3.8, 4) is 0 Å². The van der Waals surface area contributed by atoms with Crippen LogP contribution in [0.1, 0.15) is 12.0 Å². The first kappa shape index (κ1) is 8.92. The molecular formula is C12H14N2O. The van der Waals surface area contributed by atoms with Crippen LogP contribution in [0.4, 0.5) is 0 Å². The summed E-state index contributed by atoms with van der Waals surface area (Å²) in [6.45, 7) is 1.83. The molecule has 1 fully saturated rings. The van der Waals surface area contributed by atoms with Gasteiger partial charge in [-0.2, -0.15) is 0 Å². The Hall–Kier alpha value is -1.35. The third-order valence-electron chi connectivity index (χ3n) is 3.07. The molecular weight excluding hydrogens is 188 g/mol. The average Bonchev–Trinajstić information content (AvgIpc) is 2.89.